The minimum Gasteiger partial charge on any atom is -0.307 e. The topological polar surface area (TPSA) is 51.2 Å². The molecule has 194 valence electrons. The zero-order valence-electron chi connectivity index (χ0n) is 22.7. The first-order chi connectivity index (χ1) is 16.4. The Morgan fingerprint density at radius 1 is 0.824 bits per heavy atom. The molecule has 0 spiro atoms. The molecule has 0 aliphatic rings. The Morgan fingerprint density at radius 3 is 1.71 bits per heavy atom. The van der Waals surface area contributed by atoms with Crippen LogP contribution in [0.2, 0.25) is 5.02 Å². The van der Waals surface area contributed by atoms with Gasteiger partial charge >= 0.3 is 0 Å². The van der Waals surface area contributed by atoms with Crippen LogP contribution in [0, 0.1) is 12.8 Å². The first-order valence-electron chi connectivity index (χ1n) is 12.3. The Kier molecular flexibility index (Phi) is 37.7. The molecule has 34 heavy (non-hydrogen) atoms. The number of unbranched alkanes of at least 4 members (excludes halogenated alkanes) is 3. The molecule has 0 N–H and O–H groups in total. The van der Waals surface area contributed by atoms with Crippen molar-refractivity contribution in [3.8, 4) is 0 Å². The molecule has 0 aliphatic carbocycles. The van der Waals surface area contributed by atoms with E-state index < -0.39 is 0 Å². The Morgan fingerprint density at radius 2 is 1.35 bits per heavy atom. The molecule has 3 nitrogen and oxygen atoms in total. The first kappa shape index (κ1) is 39.0. The van der Waals surface area contributed by atoms with Crippen LogP contribution in [0.5, 0.6) is 0 Å². The van der Waals surface area contributed by atoms with E-state index in [1.165, 1.54) is 37.7 Å². The van der Waals surface area contributed by atoms with Gasteiger partial charge in [0.2, 0.25) is 0 Å². The summed E-state index contributed by atoms with van der Waals surface area (Å²) in [5.74, 6) is 0.904. The maximum absolute atomic E-state index is 10.3. The number of halogens is 1. The van der Waals surface area contributed by atoms with E-state index in [1.54, 1.807) is 0 Å². The van der Waals surface area contributed by atoms with Crippen molar-refractivity contribution in [2.75, 3.05) is 0 Å². The highest BCUT2D eigenvalue weighted by molar-refractivity contribution is 6.31. The number of hydrogen-bond acceptors (Lipinski definition) is 3. The van der Waals surface area contributed by atoms with Gasteiger partial charge in [-0.05, 0) is 36.5 Å². The highest BCUT2D eigenvalue weighted by Crippen LogP contribution is 2.12. The molecule has 4 heteroatoms. The minimum atomic E-state index is 0.754. The van der Waals surface area contributed by atoms with Gasteiger partial charge in [0.05, 0.1) is 0 Å². The van der Waals surface area contributed by atoms with E-state index in [2.05, 4.69) is 27.7 Å². The van der Waals surface area contributed by atoms with Crippen molar-refractivity contribution in [2.24, 2.45) is 5.92 Å². The van der Waals surface area contributed by atoms with E-state index in [0.717, 1.165) is 41.2 Å². The molecule has 2 aromatic rings. The second kappa shape index (κ2) is 32.9. The molecule has 0 saturated heterocycles. The number of carbonyl (C=O) groups is 3. The van der Waals surface area contributed by atoms with E-state index in [0.29, 0.717) is 0 Å². The Bertz CT molecular complexity index is 631. The third kappa shape index (κ3) is 27.8. The molecular weight excluding hydrogens is 444 g/mol. The quantitative estimate of drug-likeness (QED) is 0.272. The summed E-state index contributed by atoms with van der Waals surface area (Å²) in [6.07, 6.45) is 10.2. The second-order valence-electron chi connectivity index (χ2n) is 7.60. The van der Waals surface area contributed by atoms with Gasteiger partial charge in [0.1, 0.15) is 19.9 Å². The fraction of sp³-hybridized carbons (Fsp3) is 0.500. The standard InChI is InChI=1S/C10H12O.C9H20.C7H7Cl.C2H6.2CH2O/c1-2-3-9-4-6-10(8-11)7-5-9;1-4-5-6-7-8-9(2)3;1-6-4-2-3-5-7(6)8;3*1-2/h4-8H,2-3H2,1H3;9H,4-8H2,1-3H3;2-5H,1H3;1-2H3;2*1H2. The van der Waals surface area contributed by atoms with Crippen molar-refractivity contribution in [1.82, 2.24) is 0 Å². The van der Waals surface area contributed by atoms with Crippen LogP contribution in [0.1, 0.15) is 102 Å². The summed E-state index contributed by atoms with van der Waals surface area (Å²) in [5.41, 5.74) is 3.19. The molecule has 0 heterocycles. The summed E-state index contributed by atoms with van der Waals surface area (Å²) in [6, 6.07) is 15.5. The highest BCUT2D eigenvalue weighted by atomic mass is 35.5. The van der Waals surface area contributed by atoms with Crippen LogP contribution in [-0.2, 0) is 16.0 Å². The summed E-state index contributed by atoms with van der Waals surface area (Å²) >= 11 is 5.71. The predicted molar refractivity (Wildman–Crippen MR) is 151 cm³/mol. The molecule has 0 radical (unpaired) electrons. The van der Waals surface area contributed by atoms with Crippen LogP contribution in [0.25, 0.3) is 0 Å². The predicted octanol–water partition coefficient (Wildman–Crippen LogP) is 9.37. The molecule has 0 aliphatic heterocycles. The largest absolute Gasteiger partial charge is 0.307 e. The first-order valence-corrected chi connectivity index (χ1v) is 12.6. The number of benzene rings is 2. The Balaban J connectivity index is -0.000000180. The molecule has 0 atom stereocenters. The summed E-state index contributed by atoms with van der Waals surface area (Å²) in [6.45, 7) is 19.0. The summed E-state index contributed by atoms with van der Waals surface area (Å²) in [4.78, 5) is 26.3. The maximum Gasteiger partial charge on any atom is 0.150 e. The fourth-order valence-electron chi connectivity index (χ4n) is 2.58. The Hall–Kier alpha value is -2.26. The van der Waals surface area contributed by atoms with Gasteiger partial charge in [0.15, 0.2) is 0 Å². The Labute approximate surface area is 215 Å². The lowest BCUT2D eigenvalue weighted by atomic mass is 10.1. The monoisotopic (exact) mass is 492 g/mol. The van der Waals surface area contributed by atoms with Crippen molar-refractivity contribution in [1.29, 1.82) is 0 Å². The summed E-state index contributed by atoms with van der Waals surface area (Å²) in [5, 5.41) is 0.840. The van der Waals surface area contributed by atoms with Crippen LogP contribution in [0.15, 0.2) is 48.5 Å². The lowest BCUT2D eigenvalue weighted by Gasteiger charge is -2.01. The molecule has 0 amide bonds. The van der Waals surface area contributed by atoms with E-state index in [1.807, 2.05) is 82.9 Å². The van der Waals surface area contributed by atoms with Gasteiger partial charge in [-0.2, -0.15) is 0 Å². The second-order valence-corrected chi connectivity index (χ2v) is 8.01. The number of aldehydes is 1. The molecule has 0 fully saturated rings. The molecule has 0 bridgehead atoms. The van der Waals surface area contributed by atoms with Gasteiger partial charge in [-0.1, -0.05) is 134 Å². The average Bonchev–Trinajstić information content (AvgIpc) is 2.89. The number of carbonyl (C=O) groups excluding carboxylic acids is 3. The van der Waals surface area contributed by atoms with Crippen molar-refractivity contribution >= 4 is 31.5 Å². The van der Waals surface area contributed by atoms with Crippen molar-refractivity contribution < 1.29 is 14.4 Å². The number of aryl methyl sites for hydroxylation is 2. The van der Waals surface area contributed by atoms with Gasteiger partial charge < -0.3 is 9.59 Å². The van der Waals surface area contributed by atoms with Crippen molar-refractivity contribution in [3.63, 3.8) is 0 Å². The summed E-state index contributed by atoms with van der Waals surface area (Å²) in [7, 11) is 0. The minimum absolute atomic E-state index is 0.754. The van der Waals surface area contributed by atoms with Gasteiger partial charge in [0.25, 0.3) is 0 Å². The molecule has 0 saturated carbocycles. The van der Waals surface area contributed by atoms with Gasteiger partial charge in [-0.25, -0.2) is 0 Å². The zero-order chi connectivity index (χ0) is 27.2. The molecule has 2 rings (SSSR count). The average molecular weight is 493 g/mol. The van der Waals surface area contributed by atoms with Crippen LogP contribution in [0.4, 0.5) is 0 Å². The maximum atomic E-state index is 10.3. The molecular formula is C30H49ClO3. The van der Waals surface area contributed by atoms with Gasteiger partial charge in [-0.3, -0.25) is 4.79 Å². The zero-order valence-corrected chi connectivity index (χ0v) is 23.5. The van der Waals surface area contributed by atoms with E-state index in [4.69, 9.17) is 21.2 Å². The lowest BCUT2D eigenvalue weighted by molar-refractivity contribution is -0.0987. The van der Waals surface area contributed by atoms with Crippen molar-refractivity contribution in [2.45, 2.75) is 93.4 Å². The molecule has 0 unspecified atom stereocenters. The number of rotatable bonds is 8. The van der Waals surface area contributed by atoms with Crippen LogP contribution >= 0.6 is 11.6 Å². The summed E-state index contributed by atoms with van der Waals surface area (Å²) < 4.78 is 0. The number of hydrogen-bond donors (Lipinski definition) is 0. The van der Waals surface area contributed by atoms with Gasteiger partial charge in [0, 0.05) is 10.6 Å². The van der Waals surface area contributed by atoms with Crippen LogP contribution < -0.4 is 0 Å². The van der Waals surface area contributed by atoms with E-state index >= 15 is 0 Å². The van der Waals surface area contributed by atoms with Crippen LogP contribution in [0.3, 0.4) is 0 Å². The SMILES string of the molecule is C=O.C=O.CC.CCCCCCC(C)C.CCCc1ccc(C=O)cc1.Cc1ccccc1Cl. The normalized spacial score (nSPS) is 8.50. The fourth-order valence-corrected chi connectivity index (χ4v) is 2.72. The van der Waals surface area contributed by atoms with E-state index in [9.17, 15) is 4.79 Å². The third-order valence-electron chi connectivity index (χ3n) is 4.37. The van der Waals surface area contributed by atoms with Crippen LogP contribution in [-0.4, -0.2) is 19.9 Å². The molecule has 0 aromatic heterocycles. The van der Waals surface area contributed by atoms with Crippen molar-refractivity contribution in [3.05, 3.63) is 70.2 Å². The third-order valence-corrected chi connectivity index (χ3v) is 4.79. The highest BCUT2D eigenvalue weighted by Gasteiger charge is 1.92. The molecule has 2 aromatic carbocycles. The lowest BCUT2D eigenvalue weighted by Crippen LogP contribution is -1.86. The smallest absolute Gasteiger partial charge is 0.150 e. The van der Waals surface area contributed by atoms with E-state index in [-0.39, 0.29) is 0 Å². The van der Waals surface area contributed by atoms with Gasteiger partial charge in [-0.15, -0.1) is 0 Å².